The molecule has 204 valence electrons. The number of rotatable bonds is 18. The fourth-order valence-electron chi connectivity index (χ4n) is 4.22. The van der Waals surface area contributed by atoms with Gasteiger partial charge in [0.2, 0.25) is 4.80 Å². The Morgan fingerprint density at radius 1 is 0.889 bits per heavy atom. The molecule has 0 saturated carbocycles. The minimum absolute atomic E-state index is 0.0811. The van der Waals surface area contributed by atoms with Crippen molar-refractivity contribution >= 4 is 37.7 Å². The largest absolute Gasteiger partial charge is 0.448 e. The summed E-state index contributed by atoms with van der Waals surface area (Å²) < 4.78 is 34.4. The van der Waals surface area contributed by atoms with E-state index in [9.17, 15) is 13.2 Å². The number of sulfonamides is 1. The summed E-state index contributed by atoms with van der Waals surface area (Å²) in [5, 5.41) is 4.22. The first-order valence-electron chi connectivity index (χ1n) is 13.7. The van der Waals surface area contributed by atoms with E-state index in [0.29, 0.717) is 15.6 Å². The van der Waals surface area contributed by atoms with Crippen molar-refractivity contribution in [2.45, 2.75) is 104 Å². The van der Waals surface area contributed by atoms with E-state index >= 15 is 0 Å². The zero-order valence-electron chi connectivity index (χ0n) is 22.4. The minimum atomic E-state index is -3.93. The van der Waals surface area contributed by atoms with Crippen LogP contribution in [0.2, 0.25) is 0 Å². The number of aromatic nitrogens is 1. The fourth-order valence-corrected chi connectivity index (χ4v) is 6.50. The predicted octanol–water partition coefficient (Wildman–Crippen LogP) is 7.33. The van der Waals surface area contributed by atoms with Gasteiger partial charge in [0.15, 0.2) is 0 Å². The number of aryl methyl sites for hydroxylation is 1. The van der Waals surface area contributed by atoms with E-state index in [2.05, 4.69) is 12.0 Å². The Kier molecular flexibility index (Phi) is 14.2. The molecule has 0 bridgehead atoms. The highest BCUT2D eigenvalue weighted by Gasteiger charge is 2.29. The molecule has 1 aromatic carbocycles. The summed E-state index contributed by atoms with van der Waals surface area (Å²) in [5.41, 5.74) is 0.925. The van der Waals surface area contributed by atoms with Crippen LogP contribution in [0.15, 0.2) is 29.4 Å². The molecule has 36 heavy (non-hydrogen) atoms. The molecule has 1 amide bonds. The summed E-state index contributed by atoms with van der Waals surface area (Å²) in [5.74, 6) is -0.123. The summed E-state index contributed by atoms with van der Waals surface area (Å²) in [4.78, 5) is 12.9. The van der Waals surface area contributed by atoms with Gasteiger partial charge in [0.1, 0.15) is 0 Å². The van der Waals surface area contributed by atoms with Crippen molar-refractivity contribution in [1.29, 1.82) is 0 Å². The molecule has 0 aliphatic carbocycles. The summed E-state index contributed by atoms with van der Waals surface area (Å²) in [7, 11) is -2.12. The van der Waals surface area contributed by atoms with Crippen LogP contribution in [0.4, 0.5) is 4.79 Å². The van der Waals surface area contributed by atoms with E-state index in [4.69, 9.17) is 4.74 Å². The zero-order chi connectivity index (χ0) is 26.2. The van der Waals surface area contributed by atoms with Gasteiger partial charge in [-0.1, -0.05) is 118 Å². The number of amides is 1. The van der Waals surface area contributed by atoms with E-state index in [1.165, 1.54) is 75.5 Å². The smallest absolute Gasteiger partial charge is 0.445 e. The SMILES string of the molecule is CCCCCCCCCCCCCCCCS(=O)(=O)N(/N=c1/sc2ccccc2n1C)C(=O)OCC. The van der Waals surface area contributed by atoms with Gasteiger partial charge in [0.25, 0.3) is 10.0 Å². The van der Waals surface area contributed by atoms with Crippen LogP contribution in [0.25, 0.3) is 10.2 Å². The molecule has 0 radical (unpaired) electrons. The third kappa shape index (κ3) is 10.2. The lowest BCUT2D eigenvalue weighted by molar-refractivity contribution is 0.130. The van der Waals surface area contributed by atoms with E-state index < -0.39 is 16.1 Å². The maximum atomic E-state index is 13.0. The molecule has 0 aliphatic heterocycles. The Morgan fingerprint density at radius 3 is 1.94 bits per heavy atom. The zero-order valence-corrected chi connectivity index (χ0v) is 24.0. The van der Waals surface area contributed by atoms with E-state index in [-0.39, 0.29) is 12.4 Å². The van der Waals surface area contributed by atoms with Crippen molar-refractivity contribution in [2.24, 2.45) is 12.1 Å². The number of carbonyl (C=O) groups is 1. The van der Waals surface area contributed by atoms with Crippen LogP contribution in [0.3, 0.4) is 0 Å². The number of hydrogen-bond donors (Lipinski definition) is 0. The van der Waals surface area contributed by atoms with Gasteiger partial charge in [0.05, 0.1) is 22.6 Å². The molecular formula is C27H45N3O4S2. The number of thiazole rings is 1. The van der Waals surface area contributed by atoms with Gasteiger partial charge < -0.3 is 9.30 Å². The number of carbonyl (C=O) groups excluding carboxylic acids is 1. The summed E-state index contributed by atoms with van der Waals surface area (Å²) >= 11 is 1.33. The molecule has 7 nitrogen and oxygen atoms in total. The number of para-hydroxylation sites is 1. The average Bonchev–Trinajstić information content (AvgIpc) is 3.18. The third-order valence-corrected chi connectivity index (χ3v) is 9.00. The van der Waals surface area contributed by atoms with Crippen molar-refractivity contribution in [3.8, 4) is 0 Å². The van der Waals surface area contributed by atoms with Gasteiger partial charge in [-0.25, -0.2) is 13.2 Å². The van der Waals surface area contributed by atoms with Crippen molar-refractivity contribution in [2.75, 3.05) is 12.4 Å². The van der Waals surface area contributed by atoms with Crippen LogP contribution in [0.1, 0.15) is 104 Å². The van der Waals surface area contributed by atoms with Crippen LogP contribution in [-0.4, -0.2) is 35.9 Å². The quantitative estimate of drug-likeness (QED) is 0.147. The maximum Gasteiger partial charge on any atom is 0.445 e. The van der Waals surface area contributed by atoms with Crippen LogP contribution in [0.5, 0.6) is 0 Å². The van der Waals surface area contributed by atoms with Crippen LogP contribution >= 0.6 is 11.3 Å². The Labute approximate surface area is 221 Å². The first-order chi connectivity index (χ1) is 17.4. The van der Waals surface area contributed by atoms with E-state index in [1.54, 1.807) is 18.5 Å². The van der Waals surface area contributed by atoms with Gasteiger partial charge in [0, 0.05) is 7.05 Å². The molecule has 0 fully saturated rings. The van der Waals surface area contributed by atoms with Crippen molar-refractivity contribution in [3.05, 3.63) is 29.1 Å². The average molecular weight is 540 g/mol. The van der Waals surface area contributed by atoms with Crippen LogP contribution in [-0.2, 0) is 21.8 Å². The highest BCUT2D eigenvalue weighted by Crippen LogP contribution is 2.17. The molecule has 0 saturated heterocycles. The summed E-state index contributed by atoms with van der Waals surface area (Å²) in [6, 6.07) is 7.70. The number of unbranched alkanes of at least 4 members (excludes halogenated alkanes) is 13. The maximum absolute atomic E-state index is 13.0. The molecule has 1 heterocycles. The van der Waals surface area contributed by atoms with Crippen molar-refractivity contribution in [1.82, 2.24) is 8.98 Å². The van der Waals surface area contributed by atoms with Crippen molar-refractivity contribution in [3.63, 3.8) is 0 Å². The number of ether oxygens (including phenoxy) is 1. The molecule has 0 spiro atoms. The van der Waals surface area contributed by atoms with E-state index in [1.807, 2.05) is 24.3 Å². The highest BCUT2D eigenvalue weighted by atomic mass is 32.2. The molecule has 0 N–H and O–H groups in total. The number of benzene rings is 1. The van der Waals surface area contributed by atoms with Gasteiger partial charge >= 0.3 is 6.09 Å². The third-order valence-electron chi connectivity index (χ3n) is 6.33. The topological polar surface area (TPSA) is 81.0 Å². The van der Waals surface area contributed by atoms with Gasteiger partial charge in [-0.15, -0.1) is 5.10 Å². The molecular weight excluding hydrogens is 494 g/mol. The Hall–Kier alpha value is -1.87. The Balaban J connectivity index is 1.78. The lowest BCUT2D eigenvalue weighted by Gasteiger charge is -2.16. The number of nitrogens with zero attached hydrogens (tertiary/aromatic N) is 3. The molecule has 0 unspecified atom stereocenters. The Bertz CT molecular complexity index is 1080. The second-order valence-corrected chi connectivity index (χ2v) is 12.3. The lowest BCUT2D eigenvalue weighted by atomic mass is 10.0. The first kappa shape index (κ1) is 30.4. The van der Waals surface area contributed by atoms with Gasteiger partial charge in [-0.3, -0.25) is 0 Å². The second-order valence-electron chi connectivity index (χ2n) is 9.37. The second kappa shape index (κ2) is 16.8. The minimum Gasteiger partial charge on any atom is -0.448 e. The predicted molar refractivity (Wildman–Crippen MR) is 149 cm³/mol. The lowest BCUT2D eigenvalue weighted by Crippen LogP contribution is -2.37. The van der Waals surface area contributed by atoms with Gasteiger partial charge in [-0.05, 0) is 25.5 Å². The fraction of sp³-hybridized carbons (Fsp3) is 0.704. The number of fused-ring (bicyclic) bond motifs is 1. The normalized spacial score (nSPS) is 12.4. The summed E-state index contributed by atoms with van der Waals surface area (Å²) in [6.45, 7) is 3.98. The van der Waals surface area contributed by atoms with E-state index in [0.717, 1.165) is 29.5 Å². The molecule has 2 rings (SSSR count). The van der Waals surface area contributed by atoms with Crippen LogP contribution in [0, 0.1) is 0 Å². The molecule has 0 atom stereocenters. The number of hydrogen-bond acceptors (Lipinski definition) is 6. The molecule has 2 aromatic rings. The standard InChI is InChI=1S/C27H45N3O4S2/c1-4-6-7-8-9-10-11-12-13-14-15-16-17-20-23-36(32,33)30(27(31)34-5-2)28-26-29(3)24-21-18-19-22-25(24)35-26/h18-19,21-22H,4-17,20,23H2,1-3H3/b28-26+. The monoisotopic (exact) mass is 539 g/mol. The van der Waals surface area contributed by atoms with Crippen LogP contribution < -0.4 is 4.80 Å². The molecule has 9 heteroatoms. The van der Waals surface area contributed by atoms with Crippen molar-refractivity contribution < 1.29 is 17.9 Å². The summed E-state index contributed by atoms with van der Waals surface area (Å²) in [6.07, 6.45) is 15.7. The molecule has 1 aromatic heterocycles. The van der Waals surface area contributed by atoms with Gasteiger partial charge in [-0.2, -0.15) is 0 Å². The molecule has 0 aliphatic rings. The Morgan fingerprint density at radius 2 is 1.42 bits per heavy atom. The highest BCUT2D eigenvalue weighted by molar-refractivity contribution is 7.89. The first-order valence-corrected chi connectivity index (χ1v) is 16.1.